The van der Waals surface area contributed by atoms with E-state index in [2.05, 4.69) is 35.4 Å². The molecule has 0 saturated heterocycles. The molecular weight excluding hydrogens is 378 g/mol. The van der Waals surface area contributed by atoms with Crippen molar-refractivity contribution in [3.63, 3.8) is 0 Å². The first-order chi connectivity index (χ1) is 14.6. The number of aliphatic carboxylic acids is 1. The summed E-state index contributed by atoms with van der Waals surface area (Å²) in [4.78, 5) is 19.3. The van der Waals surface area contributed by atoms with Crippen molar-refractivity contribution in [1.82, 2.24) is 15.3 Å². The molecule has 1 atom stereocenters. The number of carboxylic acids is 1. The van der Waals surface area contributed by atoms with E-state index >= 15 is 0 Å². The zero-order valence-electron chi connectivity index (χ0n) is 16.6. The van der Waals surface area contributed by atoms with Gasteiger partial charge in [-0.3, -0.25) is 10.1 Å². The van der Waals surface area contributed by atoms with Gasteiger partial charge in [0.05, 0.1) is 17.6 Å². The molecule has 4 aromatic rings. The maximum absolute atomic E-state index is 11.1. The number of carboxylic acid groups (broad SMARTS) is 1. The van der Waals surface area contributed by atoms with Crippen molar-refractivity contribution >= 4 is 17.0 Å². The van der Waals surface area contributed by atoms with Gasteiger partial charge in [-0.1, -0.05) is 54.6 Å². The average molecular weight is 401 g/mol. The molecule has 30 heavy (non-hydrogen) atoms. The number of aromatic amines is 1. The molecule has 0 fully saturated rings. The van der Waals surface area contributed by atoms with Crippen LogP contribution in [0.2, 0.25) is 0 Å². The lowest BCUT2D eigenvalue weighted by Crippen LogP contribution is -2.39. The zero-order chi connectivity index (χ0) is 21.1. The van der Waals surface area contributed by atoms with Gasteiger partial charge in [0.25, 0.3) is 0 Å². The van der Waals surface area contributed by atoms with Crippen LogP contribution in [0, 0.1) is 6.92 Å². The van der Waals surface area contributed by atoms with Gasteiger partial charge in [0.15, 0.2) is 0 Å². The predicted octanol–water partition coefficient (Wildman–Crippen LogP) is 3.74. The minimum Gasteiger partial charge on any atom is -0.480 e. The summed E-state index contributed by atoms with van der Waals surface area (Å²) in [5.74, 6) is -0.312. The zero-order valence-corrected chi connectivity index (χ0v) is 16.6. The molecule has 3 aromatic carbocycles. The van der Waals surface area contributed by atoms with E-state index in [1.54, 1.807) is 0 Å². The number of fused-ring (bicyclic) bond motifs is 1. The fraction of sp³-hybridized carbons (Fsp3) is 0.167. The standard InChI is InChI=1S/C24H23N3O3/c1-15-19(17-7-3-2-4-8-17)10-11-20-22(15)27-23(26-20)18-9-5-6-16(12-18)13-25-21(14-28)24(29)30/h2-12,21,25,28H,13-14H2,1H3,(H,26,27)(H,29,30)/t21-/m1/s1. The van der Waals surface area contributed by atoms with Crippen LogP contribution >= 0.6 is 0 Å². The summed E-state index contributed by atoms with van der Waals surface area (Å²) >= 11 is 0. The lowest BCUT2D eigenvalue weighted by Gasteiger charge is -2.11. The minimum atomic E-state index is -1.07. The van der Waals surface area contributed by atoms with Crippen molar-refractivity contribution in [1.29, 1.82) is 0 Å². The number of H-pyrrole nitrogens is 1. The van der Waals surface area contributed by atoms with E-state index in [4.69, 9.17) is 15.2 Å². The molecule has 6 nitrogen and oxygen atoms in total. The predicted molar refractivity (Wildman–Crippen MR) is 117 cm³/mol. The monoisotopic (exact) mass is 401 g/mol. The number of hydrogen-bond acceptors (Lipinski definition) is 4. The molecule has 0 unspecified atom stereocenters. The first-order valence-corrected chi connectivity index (χ1v) is 9.78. The third-order valence-electron chi connectivity index (χ3n) is 5.23. The van der Waals surface area contributed by atoms with Crippen LogP contribution in [-0.4, -0.2) is 38.8 Å². The van der Waals surface area contributed by atoms with E-state index in [-0.39, 0.29) is 0 Å². The van der Waals surface area contributed by atoms with Crippen molar-refractivity contribution in [3.8, 4) is 22.5 Å². The molecule has 0 amide bonds. The van der Waals surface area contributed by atoms with E-state index in [0.717, 1.165) is 44.7 Å². The van der Waals surface area contributed by atoms with Crippen molar-refractivity contribution in [2.45, 2.75) is 19.5 Å². The first kappa shape index (κ1) is 19.8. The number of imidazole rings is 1. The Morgan fingerprint density at radius 1 is 1.07 bits per heavy atom. The topological polar surface area (TPSA) is 98.2 Å². The molecule has 0 saturated carbocycles. The lowest BCUT2D eigenvalue weighted by atomic mass is 9.99. The second kappa shape index (κ2) is 8.49. The van der Waals surface area contributed by atoms with Crippen LogP contribution < -0.4 is 5.32 Å². The molecule has 1 heterocycles. The number of rotatable bonds is 7. The number of hydrogen-bond donors (Lipinski definition) is 4. The summed E-state index contributed by atoms with van der Waals surface area (Å²) in [6, 6.07) is 21.2. The fourth-order valence-corrected chi connectivity index (χ4v) is 3.58. The molecule has 4 rings (SSSR count). The molecule has 0 spiro atoms. The quantitative estimate of drug-likeness (QED) is 0.378. The van der Waals surface area contributed by atoms with Gasteiger partial charge in [-0.25, -0.2) is 4.98 Å². The van der Waals surface area contributed by atoms with Gasteiger partial charge in [-0.2, -0.15) is 0 Å². The first-order valence-electron chi connectivity index (χ1n) is 9.78. The smallest absolute Gasteiger partial charge is 0.323 e. The molecule has 0 aliphatic carbocycles. The fourth-order valence-electron chi connectivity index (χ4n) is 3.58. The Balaban J connectivity index is 1.64. The number of benzene rings is 3. The van der Waals surface area contributed by atoms with E-state index < -0.39 is 18.6 Å². The largest absolute Gasteiger partial charge is 0.480 e. The maximum Gasteiger partial charge on any atom is 0.323 e. The van der Waals surface area contributed by atoms with Crippen molar-refractivity contribution in [2.24, 2.45) is 0 Å². The molecule has 0 aliphatic rings. The Kier molecular flexibility index (Phi) is 5.61. The van der Waals surface area contributed by atoms with Gasteiger partial charge < -0.3 is 15.2 Å². The van der Waals surface area contributed by atoms with Crippen LogP contribution in [-0.2, 0) is 11.3 Å². The van der Waals surface area contributed by atoms with Crippen LogP contribution in [0.5, 0.6) is 0 Å². The van der Waals surface area contributed by atoms with Gasteiger partial charge in [0.1, 0.15) is 11.9 Å². The summed E-state index contributed by atoms with van der Waals surface area (Å²) in [5, 5.41) is 21.1. The van der Waals surface area contributed by atoms with Gasteiger partial charge in [0.2, 0.25) is 0 Å². The molecule has 0 radical (unpaired) electrons. The second-order valence-electron chi connectivity index (χ2n) is 7.24. The van der Waals surface area contributed by atoms with Crippen LogP contribution in [0.15, 0.2) is 66.7 Å². The molecule has 0 aliphatic heterocycles. The number of nitrogens with one attached hydrogen (secondary N) is 2. The lowest BCUT2D eigenvalue weighted by molar-refractivity contribution is -0.140. The summed E-state index contributed by atoms with van der Waals surface area (Å²) in [5.41, 5.74) is 7.16. The maximum atomic E-state index is 11.1. The molecule has 6 heteroatoms. The molecule has 4 N–H and O–H groups in total. The third kappa shape index (κ3) is 3.96. The van der Waals surface area contributed by atoms with Gasteiger partial charge in [-0.05, 0) is 41.3 Å². The Morgan fingerprint density at radius 3 is 2.57 bits per heavy atom. The van der Waals surface area contributed by atoms with Crippen molar-refractivity contribution in [2.75, 3.05) is 6.61 Å². The molecule has 152 valence electrons. The van der Waals surface area contributed by atoms with Crippen LogP contribution in [0.4, 0.5) is 0 Å². The van der Waals surface area contributed by atoms with Crippen LogP contribution in [0.3, 0.4) is 0 Å². The van der Waals surface area contributed by atoms with Gasteiger partial charge in [0, 0.05) is 12.1 Å². The summed E-state index contributed by atoms with van der Waals surface area (Å²) in [6.07, 6.45) is 0. The molecular formula is C24H23N3O3. The van der Waals surface area contributed by atoms with E-state index in [0.29, 0.717) is 6.54 Å². The van der Waals surface area contributed by atoms with Crippen LogP contribution in [0.25, 0.3) is 33.5 Å². The van der Waals surface area contributed by atoms with Gasteiger partial charge in [-0.15, -0.1) is 0 Å². The summed E-state index contributed by atoms with van der Waals surface area (Å²) < 4.78 is 0. The Labute approximate surface area is 174 Å². The molecule has 0 bridgehead atoms. The SMILES string of the molecule is Cc1c(-c2ccccc2)ccc2[nH]c(-c3cccc(CN[C@H](CO)C(=O)O)c3)nc12. The summed E-state index contributed by atoms with van der Waals surface area (Å²) in [6.45, 7) is 1.96. The van der Waals surface area contributed by atoms with Crippen molar-refractivity contribution < 1.29 is 15.0 Å². The normalized spacial score (nSPS) is 12.2. The van der Waals surface area contributed by atoms with E-state index in [1.807, 2.05) is 48.5 Å². The number of carbonyl (C=O) groups is 1. The van der Waals surface area contributed by atoms with Gasteiger partial charge >= 0.3 is 5.97 Å². The highest BCUT2D eigenvalue weighted by Gasteiger charge is 2.15. The molecule has 1 aromatic heterocycles. The Hall–Kier alpha value is -3.48. The third-order valence-corrected chi connectivity index (χ3v) is 5.23. The number of aryl methyl sites for hydroxylation is 1. The van der Waals surface area contributed by atoms with Crippen LogP contribution in [0.1, 0.15) is 11.1 Å². The highest BCUT2D eigenvalue weighted by atomic mass is 16.4. The minimum absolute atomic E-state index is 0.336. The van der Waals surface area contributed by atoms with E-state index in [1.165, 1.54) is 0 Å². The number of aliphatic hydroxyl groups is 1. The van der Waals surface area contributed by atoms with Crippen molar-refractivity contribution in [3.05, 3.63) is 77.9 Å². The Bertz CT molecular complexity index is 1190. The second-order valence-corrected chi connectivity index (χ2v) is 7.24. The highest BCUT2D eigenvalue weighted by molar-refractivity contribution is 5.88. The average Bonchev–Trinajstić information content (AvgIpc) is 3.20. The highest BCUT2D eigenvalue weighted by Crippen LogP contribution is 2.30. The Morgan fingerprint density at radius 2 is 1.83 bits per heavy atom. The van der Waals surface area contributed by atoms with E-state index in [9.17, 15) is 4.79 Å². The summed E-state index contributed by atoms with van der Waals surface area (Å²) in [7, 11) is 0. The number of nitrogens with zero attached hydrogens (tertiary/aromatic N) is 1. The number of aromatic nitrogens is 2. The number of aliphatic hydroxyl groups excluding tert-OH is 1.